The zero-order valence-corrected chi connectivity index (χ0v) is 25.9. The third-order valence-electron chi connectivity index (χ3n) is 9.16. The smallest absolute Gasteiger partial charge is 0.395 e. The van der Waals surface area contributed by atoms with Gasteiger partial charge in [-0.05, 0) is 49.1 Å². The molecular formula is C33H35F3N8O3. The van der Waals surface area contributed by atoms with Crippen LogP contribution in [0.5, 0.6) is 0 Å². The van der Waals surface area contributed by atoms with Crippen LogP contribution in [-0.2, 0) is 24.5 Å². The van der Waals surface area contributed by atoms with Gasteiger partial charge in [0.1, 0.15) is 23.5 Å². The van der Waals surface area contributed by atoms with Crippen LogP contribution < -0.4 is 15.5 Å². The van der Waals surface area contributed by atoms with E-state index in [-0.39, 0.29) is 38.7 Å². The summed E-state index contributed by atoms with van der Waals surface area (Å²) in [4.78, 5) is 36.7. The Kier molecular flexibility index (Phi) is 8.18. The van der Waals surface area contributed by atoms with Crippen LogP contribution in [0, 0.1) is 6.92 Å². The number of aryl methyl sites for hydroxylation is 1. The molecule has 1 aromatic carbocycles. The van der Waals surface area contributed by atoms with E-state index in [0.29, 0.717) is 59.8 Å². The maximum atomic E-state index is 14.1. The van der Waals surface area contributed by atoms with Gasteiger partial charge in [0.25, 0.3) is 5.91 Å². The zero-order chi connectivity index (χ0) is 32.9. The fourth-order valence-corrected chi connectivity index (χ4v) is 6.46. The van der Waals surface area contributed by atoms with Crippen LogP contribution in [0.1, 0.15) is 57.3 Å². The number of hydrogen-bond donors (Lipinski definition) is 2. The highest BCUT2D eigenvalue weighted by molar-refractivity contribution is 6.06. The molecule has 3 N–H and O–H groups in total. The number of fused-ring (bicyclic) bond motifs is 3. The lowest BCUT2D eigenvalue weighted by Crippen LogP contribution is -2.59. The number of halogens is 3. The molecule has 246 valence electrons. The average molecular weight is 649 g/mol. The average Bonchev–Trinajstić information content (AvgIpc) is 3.79. The van der Waals surface area contributed by atoms with E-state index in [9.17, 15) is 23.1 Å². The largest absolute Gasteiger partial charge is 0.405 e. The number of rotatable bonds is 8. The minimum Gasteiger partial charge on any atom is -0.395 e. The van der Waals surface area contributed by atoms with Gasteiger partial charge in [-0.3, -0.25) is 9.69 Å². The molecule has 1 aliphatic carbocycles. The number of ether oxygens (including phenoxy) is 1. The Hall–Kier alpha value is -4.40. The number of aromatic nitrogens is 4. The number of aliphatic hydroxyl groups is 1. The van der Waals surface area contributed by atoms with Crippen molar-refractivity contribution in [3.63, 3.8) is 0 Å². The number of benzene rings is 1. The topological polar surface area (TPSA) is 134 Å². The lowest BCUT2D eigenvalue weighted by molar-refractivity contribution is -0.185. The van der Waals surface area contributed by atoms with Crippen molar-refractivity contribution in [1.82, 2.24) is 24.8 Å². The van der Waals surface area contributed by atoms with Crippen molar-refractivity contribution < 1.29 is 27.8 Å². The highest BCUT2D eigenvalue weighted by Crippen LogP contribution is 2.38. The van der Waals surface area contributed by atoms with Gasteiger partial charge in [-0.1, -0.05) is 12.1 Å². The Morgan fingerprint density at radius 3 is 2.55 bits per heavy atom. The molecular weight excluding hydrogens is 613 g/mol. The molecule has 1 saturated carbocycles. The minimum atomic E-state index is -4.46. The van der Waals surface area contributed by atoms with Crippen LogP contribution in [0.25, 0.3) is 10.9 Å². The molecule has 14 heteroatoms. The number of nitrogen functional groups attached to an aromatic ring is 1. The number of carbonyl (C=O) groups is 1. The van der Waals surface area contributed by atoms with Crippen LogP contribution in [0.3, 0.4) is 0 Å². The Morgan fingerprint density at radius 1 is 1.09 bits per heavy atom. The first-order valence-corrected chi connectivity index (χ1v) is 15.7. The summed E-state index contributed by atoms with van der Waals surface area (Å²) in [6.45, 7) is 2.49. The molecule has 1 saturated heterocycles. The lowest BCUT2D eigenvalue weighted by Gasteiger charge is -2.42. The maximum absolute atomic E-state index is 14.1. The monoisotopic (exact) mass is 648 g/mol. The van der Waals surface area contributed by atoms with Gasteiger partial charge in [-0.25, -0.2) is 19.9 Å². The van der Waals surface area contributed by atoms with Crippen LogP contribution in [-0.4, -0.2) is 80.9 Å². The number of anilines is 3. The normalized spacial score (nSPS) is 18.5. The minimum absolute atomic E-state index is 0.0566. The number of hydrogen-bond acceptors (Lipinski definition) is 10. The van der Waals surface area contributed by atoms with E-state index in [0.717, 1.165) is 40.7 Å². The Morgan fingerprint density at radius 2 is 1.85 bits per heavy atom. The van der Waals surface area contributed by atoms with E-state index in [1.54, 1.807) is 41.2 Å². The highest BCUT2D eigenvalue weighted by Gasteiger charge is 2.46. The summed E-state index contributed by atoms with van der Waals surface area (Å²) in [5.41, 5.74) is 10.9. The van der Waals surface area contributed by atoms with Crippen molar-refractivity contribution in [1.29, 1.82) is 0 Å². The first-order valence-electron chi connectivity index (χ1n) is 15.7. The van der Waals surface area contributed by atoms with Crippen LogP contribution >= 0.6 is 0 Å². The van der Waals surface area contributed by atoms with Crippen molar-refractivity contribution in [2.45, 2.75) is 57.7 Å². The molecule has 1 unspecified atom stereocenters. The molecule has 47 heavy (non-hydrogen) atoms. The zero-order valence-electron chi connectivity index (χ0n) is 25.9. The molecule has 1 atom stereocenters. The second-order valence-electron chi connectivity index (χ2n) is 12.3. The third kappa shape index (κ3) is 6.20. The molecule has 0 radical (unpaired) electrons. The third-order valence-corrected chi connectivity index (χ3v) is 9.16. The van der Waals surface area contributed by atoms with Crippen molar-refractivity contribution in [3.05, 3.63) is 76.5 Å². The molecule has 1 amide bonds. The molecule has 2 aliphatic heterocycles. The number of pyridine rings is 2. The number of β-amino-alcohol motifs (C(OH)–C–C–N with tert-alkyl or cyclic N) is 1. The number of nitrogens with zero attached hydrogens (tertiary/aromatic N) is 7. The number of amides is 1. The van der Waals surface area contributed by atoms with E-state index in [1.165, 1.54) is 4.90 Å². The van der Waals surface area contributed by atoms with Crippen molar-refractivity contribution >= 4 is 34.1 Å². The van der Waals surface area contributed by atoms with Gasteiger partial charge < -0.3 is 25.4 Å². The van der Waals surface area contributed by atoms with Crippen molar-refractivity contribution in [2.24, 2.45) is 0 Å². The van der Waals surface area contributed by atoms with Crippen molar-refractivity contribution in [2.75, 3.05) is 48.3 Å². The van der Waals surface area contributed by atoms with E-state index < -0.39 is 12.2 Å². The van der Waals surface area contributed by atoms with E-state index in [4.69, 9.17) is 15.5 Å². The number of nitrogens with two attached hydrogens (primary N) is 1. The Bertz CT molecular complexity index is 1820. The first kappa shape index (κ1) is 31.2. The number of alkyl halides is 3. The summed E-state index contributed by atoms with van der Waals surface area (Å²) < 4.78 is 47.4. The molecule has 2 fully saturated rings. The standard InChI is InChI=1S/C33H35F3N8O3/c1-19-27(6-7-29(40-19)43-9-8-42(10-11-45)28(16-43)33(34,35)36)44(32(46)22-13-38-31(39-14-22)21-3-4-21)15-20-2-5-23-24-17-47-18-25(24)30(37)41-26(23)12-20/h2,5-7,12-14,21,28,45H,3-4,8-11,15-18H2,1H3,(H2,37,41). The lowest BCUT2D eigenvalue weighted by atomic mass is 10.0. The summed E-state index contributed by atoms with van der Waals surface area (Å²) in [5, 5.41) is 10.2. The van der Waals surface area contributed by atoms with Crippen LogP contribution in [0.2, 0.25) is 0 Å². The molecule has 11 nitrogen and oxygen atoms in total. The molecule has 7 rings (SSSR count). The van der Waals surface area contributed by atoms with Crippen LogP contribution in [0.4, 0.5) is 30.5 Å². The Balaban J connectivity index is 1.21. The van der Waals surface area contributed by atoms with Gasteiger partial charge in [0, 0.05) is 55.4 Å². The second-order valence-corrected chi connectivity index (χ2v) is 12.3. The molecule has 3 aliphatic rings. The Labute approximate surface area is 269 Å². The highest BCUT2D eigenvalue weighted by atomic mass is 19.4. The van der Waals surface area contributed by atoms with Gasteiger partial charge in [0.2, 0.25) is 0 Å². The molecule has 5 heterocycles. The van der Waals surface area contributed by atoms with Gasteiger partial charge in [0.15, 0.2) is 0 Å². The molecule has 3 aromatic heterocycles. The number of carbonyl (C=O) groups excluding carboxylic acids is 1. The predicted octanol–water partition coefficient (Wildman–Crippen LogP) is 4.11. The fraction of sp³-hybridized carbons (Fsp3) is 0.424. The van der Waals surface area contributed by atoms with Gasteiger partial charge in [-0.15, -0.1) is 0 Å². The summed E-state index contributed by atoms with van der Waals surface area (Å²) in [5.74, 6) is 1.52. The van der Waals surface area contributed by atoms with E-state index >= 15 is 0 Å². The number of aliphatic hydroxyl groups excluding tert-OH is 1. The van der Waals surface area contributed by atoms with Crippen LogP contribution in [0.15, 0.2) is 42.7 Å². The predicted molar refractivity (Wildman–Crippen MR) is 169 cm³/mol. The number of piperazine rings is 1. The van der Waals surface area contributed by atoms with Gasteiger partial charge in [0.05, 0.1) is 48.8 Å². The van der Waals surface area contributed by atoms with Crippen molar-refractivity contribution in [3.8, 4) is 0 Å². The first-order chi connectivity index (χ1) is 22.6. The summed E-state index contributed by atoms with van der Waals surface area (Å²) >= 11 is 0. The summed E-state index contributed by atoms with van der Waals surface area (Å²) in [6, 6.07) is 7.44. The summed E-state index contributed by atoms with van der Waals surface area (Å²) in [7, 11) is 0. The maximum Gasteiger partial charge on any atom is 0.405 e. The fourth-order valence-electron chi connectivity index (χ4n) is 6.46. The molecule has 0 bridgehead atoms. The molecule has 0 spiro atoms. The quantitative estimate of drug-likeness (QED) is 0.288. The second kappa shape index (κ2) is 12.3. The summed E-state index contributed by atoms with van der Waals surface area (Å²) in [6.07, 6.45) is 0.694. The molecule has 4 aromatic rings. The SMILES string of the molecule is Cc1nc(N2CCN(CCO)C(C(F)(F)F)C2)ccc1N(Cc1ccc2c3c(c(N)nc2c1)COC3)C(=O)c1cnc(C2CC2)nc1. The van der Waals surface area contributed by atoms with E-state index in [1.807, 2.05) is 18.2 Å². The van der Waals surface area contributed by atoms with E-state index in [2.05, 4.69) is 15.0 Å². The van der Waals surface area contributed by atoms with Gasteiger partial charge >= 0.3 is 6.18 Å². The van der Waals surface area contributed by atoms with Gasteiger partial charge in [-0.2, -0.15) is 13.2 Å².